The first-order valence-electron chi connectivity index (χ1n) is 5.14. The zero-order valence-electron chi connectivity index (χ0n) is 8.47. The highest BCUT2D eigenvalue weighted by molar-refractivity contribution is 6.17. The number of ether oxygens (including phenoxy) is 1. The molecule has 1 fully saturated rings. The van der Waals surface area contributed by atoms with Crippen LogP contribution in [0.1, 0.15) is 19.3 Å². The number of halogens is 1. The van der Waals surface area contributed by atoms with Gasteiger partial charge in [0.05, 0.1) is 0 Å². The Balaban J connectivity index is 2.03. The minimum Gasteiger partial charge on any atom is -0.385 e. The van der Waals surface area contributed by atoms with Gasteiger partial charge in [-0.1, -0.05) is 0 Å². The van der Waals surface area contributed by atoms with E-state index in [1.54, 1.807) is 7.11 Å². The molecule has 0 aromatic heterocycles. The second kappa shape index (κ2) is 6.63. The van der Waals surface area contributed by atoms with E-state index in [-0.39, 0.29) is 0 Å². The quantitative estimate of drug-likeness (QED) is 0.486. The molecular weight excluding hydrogens is 186 g/mol. The van der Waals surface area contributed by atoms with E-state index < -0.39 is 0 Å². The summed E-state index contributed by atoms with van der Waals surface area (Å²) >= 11 is 5.72. The van der Waals surface area contributed by atoms with Crippen LogP contribution in [0.15, 0.2) is 0 Å². The van der Waals surface area contributed by atoms with Gasteiger partial charge in [0.15, 0.2) is 0 Å². The monoisotopic (exact) mass is 205 g/mol. The molecule has 1 rings (SSSR count). The third-order valence-electron chi connectivity index (χ3n) is 2.71. The van der Waals surface area contributed by atoms with E-state index in [2.05, 4.69) is 4.90 Å². The lowest BCUT2D eigenvalue weighted by molar-refractivity contribution is 0.178. The van der Waals surface area contributed by atoms with Crippen LogP contribution in [0.5, 0.6) is 0 Å². The highest BCUT2D eigenvalue weighted by Gasteiger charge is 2.20. The van der Waals surface area contributed by atoms with E-state index in [0.717, 1.165) is 24.8 Å². The Labute approximate surface area is 86.2 Å². The van der Waals surface area contributed by atoms with Gasteiger partial charge in [0.2, 0.25) is 0 Å². The third kappa shape index (κ3) is 4.30. The van der Waals surface area contributed by atoms with Gasteiger partial charge >= 0.3 is 0 Å². The van der Waals surface area contributed by atoms with Crippen LogP contribution in [0, 0.1) is 5.92 Å². The Kier molecular flexibility index (Phi) is 5.76. The SMILES string of the molecule is COCCCN1CCC(CCCl)C1. The zero-order valence-corrected chi connectivity index (χ0v) is 9.22. The van der Waals surface area contributed by atoms with Crippen molar-refractivity contribution in [3.63, 3.8) is 0 Å². The molecule has 0 amide bonds. The first-order valence-corrected chi connectivity index (χ1v) is 5.67. The van der Waals surface area contributed by atoms with E-state index in [4.69, 9.17) is 16.3 Å². The van der Waals surface area contributed by atoms with Gasteiger partial charge in [-0.3, -0.25) is 0 Å². The molecule has 0 bridgehead atoms. The van der Waals surface area contributed by atoms with Crippen molar-refractivity contribution in [3.8, 4) is 0 Å². The Hall–Kier alpha value is 0.210. The average molecular weight is 206 g/mol. The molecular formula is C10H20ClNO. The number of nitrogens with zero attached hydrogens (tertiary/aromatic N) is 1. The fraction of sp³-hybridized carbons (Fsp3) is 1.00. The molecule has 78 valence electrons. The molecule has 0 aromatic carbocycles. The van der Waals surface area contributed by atoms with Crippen molar-refractivity contribution in [3.05, 3.63) is 0 Å². The van der Waals surface area contributed by atoms with Gasteiger partial charge in [0, 0.05) is 32.7 Å². The number of hydrogen-bond donors (Lipinski definition) is 0. The summed E-state index contributed by atoms with van der Waals surface area (Å²) < 4.78 is 5.03. The molecule has 2 nitrogen and oxygen atoms in total. The summed E-state index contributed by atoms with van der Waals surface area (Å²) in [7, 11) is 1.76. The first kappa shape index (κ1) is 11.3. The van der Waals surface area contributed by atoms with E-state index in [0.29, 0.717) is 0 Å². The molecule has 0 radical (unpaired) electrons. The second-order valence-electron chi connectivity index (χ2n) is 3.78. The van der Waals surface area contributed by atoms with Crippen molar-refractivity contribution in [2.24, 2.45) is 5.92 Å². The van der Waals surface area contributed by atoms with Crippen molar-refractivity contribution < 1.29 is 4.74 Å². The van der Waals surface area contributed by atoms with Crippen LogP contribution in [0.2, 0.25) is 0 Å². The molecule has 0 aliphatic carbocycles. The zero-order chi connectivity index (χ0) is 9.52. The lowest BCUT2D eigenvalue weighted by atomic mass is 10.1. The number of likely N-dealkylation sites (tertiary alicyclic amines) is 1. The number of methoxy groups -OCH3 is 1. The topological polar surface area (TPSA) is 12.5 Å². The first-order chi connectivity index (χ1) is 6.36. The van der Waals surface area contributed by atoms with E-state index in [1.807, 2.05) is 0 Å². The van der Waals surface area contributed by atoms with Crippen LogP contribution in [-0.2, 0) is 4.74 Å². The predicted molar refractivity (Wildman–Crippen MR) is 56.4 cm³/mol. The summed E-state index contributed by atoms with van der Waals surface area (Å²) in [4.78, 5) is 2.52. The largest absolute Gasteiger partial charge is 0.385 e. The van der Waals surface area contributed by atoms with Crippen LogP contribution in [-0.4, -0.2) is 44.1 Å². The normalized spacial score (nSPS) is 24.0. The molecule has 1 heterocycles. The van der Waals surface area contributed by atoms with E-state index >= 15 is 0 Å². The Morgan fingerprint density at radius 1 is 1.54 bits per heavy atom. The van der Waals surface area contributed by atoms with Gasteiger partial charge in [0.1, 0.15) is 0 Å². The molecule has 1 aliphatic heterocycles. The van der Waals surface area contributed by atoms with Gasteiger partial charge in [-0.05, 0) is 31.7 Å². The molecule has 1 aliphatic rings. The lowest BCUT2D eigenvalue weighted by Crippen LogP contribution is -2.22. The van der Waals surface area contributed by atoms with Crippen molar-refractivity contribution in [1.29, 1.82) is 0 Å². The predicted octanol–water partition coefficient (Wildman–Crippen LogP) is 1.97. The van der Waals surface area contributed by atoms with Crippen LogP contribution < -0.4 is 0 Å². The average Bonchev–Trinajstić information content (AvgIpc) is 2.54. The smallest absolute Gasteiger partial charge is 0.0474 e. The summed E-state index contributed by atoms with van der Waals surface area (Å²) in [6, 6.07) is 0. The van der Waals surface area contributed by atoms with Crippen LogP contribution in [0.25, 0.3) is 0 Å². The fourth-order valence-corrected chi connectivity index (χ4v) is 2.25. The van der Waals surface area contributed by atoms with Crippen LogP contribution in [0.3, 0.4) is 0 Å². The number of hydrogen-bond acceptors (Lipinski definition) is 2. The van der Waals surface area contributed by atoms with E-state index in [9.17, 15) is 0 Å². The molecule has 0 saturated carbocycles. The summed E-state index contributed by atoms with van der Waals surface area (Å²) in [5, 5.41) is 0. The molecule has 0 N–H and O–H groups in total. The standard InChI is InChI=1S/C10H20ClNO/c1-13-8-2-6-12-7-4-10(9-12)3-5-11/h10H,2-9H2,1H3. The number of rotatable bonds is 6. The maximum Gasteiger partial charge on any atom is 0.0474 e. The van der Waals surface area contributed by atoms with Crippen molar-refractivity contribution in [1.82, 2.24) is 4.90 Å². The minimum absolute atomic E-state index is 0.816. The van der Waals surface area contributed by atoms with Gasteiger partial charge in [-0.2, -0.15) is 0 Å². The van der Waals surface area contributed by atoms with Crippen molar-refractivity contribution >= 4 is 11.6 Å². The van der Waals surface area contributed by atoms with Crippen LogP contribution >= 0.6 is 11.6 Å². The van der Waals surface area contributed by atoms with Crippen molar-refractivity contribution in [2.75, 3.05) is 39.2 Å². The fourth-order valence-electron chi connectivity index (χ4n) is 1.94. The molecule has 3 heteroatoms. The van der Waals surface area contributed by atoms with Crippen LogP contribution in [0.4, 0.5) is 0 Å². The summed E-state index contributed by atoms with van der Waals surface area (Å²) in [6.07, 6.45) is 3.67. The van der Waals surface area contributed by atoms with Gasteiger partial charge in [0.25, 0.3) is 0 Å². The maximum absolute atomic E-state index is 5.72. The Morgan fingerprint density at radius 2 is 2.38 bits per heavy atom. The minimum atomic E-state index is 0.816. The lowest BCUT2D eigenvalue weighted by Gasteiger charge is -2.14. The molecule has 13 heavy (non-hydrogen) atoms. The molecule has 1 unspecified atom stereocenters. The molecule has 0 spiro atoms. The number of alkyl halides is 1. The van der Waals surface area contributed by atoms with Gasteiger partial charge < -0.3 is 9.64 Å². The van der Waals surface area contributed by atoms with E-state index in [1.165, 1.54) is 32.5 Å². The maximum atomic E-state index is 5.72. The summed E-state index contributed by atoms with van der Waals surface area (Å²) in [6.45, 7) is 4.57. The molecule has 1 atom stereocenters. The second-order valence-corrected chi connectivity index (χ2v) is 4.16. The molecule has 0 aromatic rings. The van der Waals surface area contributed by atoms with Gasteiger partial charge in [-0.15, -0.1) is 11.6 Å². The Morgan fingerprint density at radius 3 is 3.08 bits per heavy atom. The van der Waals surface area contributed by atoms with Crippen molar-refractivity contribution in [2.45, 2.75) is 19.3 Å². The summed E-state index contributed by atoms with van der Waals surface area (Å²) in [5.74, 6) is 1.66. The molecule has 1 saturated heterocycles. The highest BCUT2D eigenvalue weighted by atomic mass is 35.5. The van der Waals surface area contributed by atoms with Gasteiger partial charge in [-0.25, -0.2) is 0 Å². The Bertz CT molecular complexity index is 132. The summed E-state index contributed by atoms with van der Waals surface area (Å²) in [5.41, 5.74) is 0. The third-order valence-corrected chi connectivity index (χ3v) is 2.93. The highest BCUT2D eigenvalue weighted by Crippen LogP contribution is 2.19.